The van der Waals surface area contributed by atoms with E-state index in [9.17, 15) is 4.79 Å². The number of rotatable bonds is 3. The van der Waals surface area contributed by atoms with Gasteiger partial charge in [0.2, 0.25) is 5.91 Å². The number of nitrogens with zero attached hydrogens (tertiary/aromatic N) is 1. The molecule has 1 saturated carbocycles. The van der Waals surface area contributed by atoms with E-state index in [0.717, 1.165) is 25.7 Å². The van der Waals surface area contributed by atoms with E-state index < -0.39 is 0 Å². The van der Waals surface area contributed by atoms with E-state index in [2.05, 4.69) is 5.32 Å². The molecule has 2 rings (SSSR count). The van der Waals surface area contributed by atoms with Gasteiger partial charge in [-0.25, -0.2) is 0 Å². The highest BCUT2D eigenvalue weighted by Crippen LogP contribution is 2.30. The average molecular weight is 243 g/mol. The third kappa shape index (κ3) is 3.08. The molecular weight excluding hydrogens is 226 g/mol. The van der Waals surface area contributed by atoms with E-state index in [1.165, 1.54) is 0 Å². The number of amides is 1. The summed E-state index contributed by atoms with van der Waals surface area (Å²) < 4.78 is 0. The molecule has 1 aromatic carbocycles. The van der Waals surface area contributed by atoms with E-state index in [4.69, 9.17) is 11.0 Å². The first-order chi connectivity index (χ1) is 8.61. The van der Waals surface area contributed by atoms with E-state index in [-0.39, 0.29) is 11.4 Å². The number of anilines is 1. The van der Waals surface area contributed by atoms with Gasteiger partial charge in [0.1, 0.15) is 0 Å². The number of carbonyl (C=O) groups excluding carboxylic acids is 1. The molecule has 0 atom stereocenters. The lowest BCUT2D eigenvalue weighted by Gasteiger charge is -2.22. The van der Waals surface area contributed by atoms with Crippen molar-refractivity contribution in [3.63, 3.8) is 0 Å². The number of carbonyl (C=O) groups is 1. The van der Waals surface area contributed by atoms with Crippen LogP contribution in [0.4, 0.5) is 5.69 Å². The molecule has 4 heteroatoms. The first-order valence-corrected chi connectivity index (χ1v) is 6.20. The van der Waals surface area contributed by atoms with Gasteiger partial charge in [0.25, 0.3) is 0 Å². The summed E-state index contributed by atoms with van der Waals surface area (Å²) >= 11 is 0. The first kappa shape index (κ1) is 12.6. The minimum atomic E-state index is -0.336. The van der Waals surface area contributed by atoms with Crippen LogP contribution in [-0.2, 0) is 4.79 Å². The van der Waals surface area contributed by atoms with Crippen LogP contribution in [0.25, 0.3) is 0 Å². The third-order valence-corrected chi connectivity index (χ3v) is 3.39. The van der Waals surface area contributed by atoms with Crippen molar-refractivity contribution in [1.82, 2.24) is 0 Å². The molecule has 18 heavy (non-hydrogen) atoms. The van der Waals surface area contributed by atoms with E-state index in [1.54, 1.807) is 24.3 Å². The second-order valence-electron chi connectivity index (χ2n) is 4.99. The molecule has 1 aliphatic rings. The lowest BCUT2D eigenvalue weighted by atomic mass is 9.94. The molecule has 1 fully saturated rings. The third-order valence-electron chi connectivity index (χ3n) is 3.39. The van der Waals surface area contributed by atoms with Crippen LogP contribution in [0.5, 0.6) is 0 Å². The van der Waals surface area contributed by atoms with Gasteiger partial charge >= 0.3 is 0 Å². The summed E-state index contributed by atoms with van der Waals surface area (Å²) in [6.07, 6.45) is 4.39. The summed E-state index contributed by atoms with van der Waals surface area (Å²) in [6.45, 7) is 0. The molecule has 94 valence electrons. The zero-order valence-electron chi connectivity index (χ0n) is 10.3. The molecule has 0 saturated heterocycles. The van der Waals surface area contributed by atoms with E-state index in [1.807, 2.05) is 6.07 Å². The predicted molar refractivity (Wildman–Crippen MR) is 69.8 cm³/mol. The molecule has 0 bridgehead atoms. The number of hydrogen-bond donors (Lipinski definition) is 2. The highest BCUT2D eigenvalue weighted by atomic mass is 16.1. The molecule has 1 aromatic rings. The summed E-state index contributed by atoms with van der Waals surface area (Å²) in [4.78, 5) is 11.9. The van der Waals surface area contributed by atoms with Gasteiger partial charge in [-0.3, -0.25) is 4.79 Å². The fourth-order valence-electron chi connectivity index (χ4n) is 2.45. The van der Waals surface area contributed by atoms with Crippen molar-refractivity contribution >= 4 is 11.6 Å². The fourth-order valence-corrected chi connectivity index (χ4v) is 2.45. The van der Waals surface area contributed by atoms with E-state index in [0.29, 0.717) is 17.7 Å². The van der Waals surface area contributed by atoms with Gasteiger partial charge in [0.05, 0.1) is 11.6 Å². The Morgan fingerprint density at radius 1 is 1.44 bits per heavy atom. The number of nitrogens with one attached hydrogen (secondary N) is 1. The summed E-state index contributed by atoms with van der Waals surface area (Å²) in [6, 6.07) is 8.94. The highest BCUT2D eigenvalue weighted by Gasteiger charge is 2.31. The monoisotopic (exact) mass is 243 g/mol. The smallest absolute Gasteiger partial charge is 0.226 e. The Balaban J connectivity index is 1.96. The normalized spacial score (nSPS) is 17.1. The predicted octanol–water partition coefficient (Wildman–Crippen LogP) is 2.16. The van der Waals surface area contributed by atoms with Crippen LogP contribution in [0.3, 0.4) is 0 Å². The van der Waals surface area contributed by atoms with Gasteiger partial charge in [-0.1, -0.05) is 18.9 Å². The molecule has 3 N–H and O–H groups in total. The fraction of sp³-hybridized carbons (Fsp3) is 0.429. The molecule has 0 heterocycles. The maximum absolute atomic E-state index is 11.9. The van der Waals surface area contributed by atoms with Crippen LogP contribution in [0.15, 0.2) is 24.3 Å². The topological polar surface area (TPSA) is 78.9 Å². The van der Waals surface area contributed by atoms with Crippen LogP contribution in [0.2, 0.25) is 0 Å². The highest BCUT2D eigenvalue weighted by molar-refractivity contribution is 5.91. The summed E-state index contributed by atoms with van der Waals surface area (Å²) in [5, 5.41) is 11.6. The minimum Gasteiger partial charge on any atom is -0.326 e. The molecule has 1 aliphatic carbocycles. The SMILES string of the molecule is N#Cc1cccc(NC(=O)CC2(N)CCCC2)c1. The van der Waals surface area contributed by atoms with Crippen molar-refractivity contribution in [2.45, 2.75) is 37.6 Å². The van der Waals surface area contributed by atoms with Gasteiger partial charge < -0.3 is 11.1 Å². The number of benzene rings is 1. The van der Waals surface area contributed by atoms with Gasteiger partial charge in [-0.15, -0.1) is 0 Å². The van der Waals surface area contributed by atoms with Crippen LogP contribution in [-0.4, -0.2) is 11.4 Å². The van der Waals surface area contributed by atoms with Gasteiger partial charge in [-0.2, -0.15) is 5.26 Å². The Morgan fingerprint density at radius 3 is 2.83 bits per heavy atom. The number of nitrogens with two attached hydrogens (primary N) is 1. The molecular formula is C14H17N3O. The van der Waals surface area contributed by atoms with Gasteiger partial charge in [0.15, 0.2) is 0 Å². The lowest BCUT2D eigenvalue weighted by Crippen LogP contribution is -2.40. The molecule has 0 unspecified atom stereocenters. The minimum absolute atomic E-state index is 0.0745. The molecule has 0 radical (unpaired) electrons. The summed E-state index contributed by atoms with van der Waals surface area (Å²) in [7, 11) is 0. The largest absolute Gasteiger partial charge is 0.326 e. The van der Waals surface area contributed by atoms with Gasteiger partial charge in [-0.05, 0) is 31.0 Å². The average Bonchev–Trinajstić information content (AvgIpc) is 2.75. The Kier molecular flexibility index (Phi) is 3.63. The zero-order chi connectivity index (χ0) is 13.0. The Morgan fingerprint density at radius 2 is 2.17 bits per heavy atom. The van der Waals surface area contributed by atoms with Crippen LogP contribution >= 0.6 is 0 Å². The quantitative estimate of drug-likeness (QED) is 0.853. The second-order valence-corrected chi connectivity index (χ2v) is 4.99. The van der Waals surface area contributed by atoms with Gasteiger partial charge in [0, 0.05) is 17.6 Å². The number of nitriles is 1. The summed E-state index contributed by atoms with van der Waals surface area (Å²) in [5.74, 6) is -0.0745. The molecule has 4 nitrogen and oxygen atoms in total. The van der Waals surface area contributed by atoms with Crippen LogP contribution in [0.1, 0.15) is 37.7 Å². The standard InChI is InChI=1S/C14H17N3O/c15-10-11-4-3-5-12(8-11)17-13(18)9-14(16)6-1-2-7-14/h3-5,8H,1-2,6-7,9,16H2,(H,17,18). The van der Waals surface area contributed by atoms with Crippen LogP contribution < -0.4 is 11.1 Å². The number of hydrogen-bond acceptors (Lipinski definition) is 3. The van der Waals surface area contributed by atoms with Crippen molar-refractivity contribution in [3.05, 3.63) is 29.8 Å². The molecule has 1 amide bonds. The lowest BCUT2D eigenvalue weighted by molar-refractivity contribution is -0.117. The van der Waals surface area contributed by atoms with Crippen molar-refractivity contribution < 1.29 is 4.79 Å². The van der Waals surface area contributed by atoms with Crippen molar-refractivity contribution in [3.8, 4) is 6.07 Å². The first-order valence-electron chi connectivity index (χ1n) is 6.20. The Labute approximate surface area is 107 Å². The van der Waals surface area contributed by atoms with Crippen molar-refractivity contribution in [2.75, 3.05) is 5.32 Å². The zero-order valence-corrected chi connectivity index (χ0v) is 10.3. The maximum Gasteiger partial charge on any atom is 0.226 e. The summed E-state index contributed by atoms with van der Waals surface area (Å²) in [5.41, 5.74) is 7.01. The van der Waals surface area contributed by atoms with Crippen molar-refractivity contribution in [1.29, 1.82) is 5.26 Å². The second kappa shape index (κ2) is 5.19. The molecule has 0 aliphatic heterocycles. The Bertz CT molecular complexity index is 484. The maximum atomic E-state index is 11.9. The molecule has 0 aromatic heterocycles. The van der Waals surface area contributed by atoms with Crippen molar-refractivity contribution in [2.24, 2.45) is 5.73 Å². The molecule has 0 spiro atoms. The van der Waals surface area contributed by atoms with Crippen LogP contribution in [0, 0.1) is 11.3 Å². The Hall–Kier alpha value is -1.86. The van der Waals surface area contributed by atoms with E-state index >= 15 is 0 Å².